The van der Waals surface area contributed by atoms with Gasteiger partial charge in [0.25, 0.3) is 0 Å². The second kappa shape index (κ2) is 5.54. The van der Waals surface area contributed by atoms with Gasteiger partial charge in [0.15, 0.2) is 0 Å². The van der Waals surface area contributed by atoms with Crippen LogP contribution in [0.1, 0.15) is 12.6 Å². The van der Waals surface area contributed by atoms with Crippen LogP contribution in [0.25, 0.3) is 0 Å². The van der Waals surface area contributed by atoms with Gasteiger partial charge in [0.2, 0.25) is 5.82 Å². The summed E-state index contributed by atoms with van der Waals surface area (Å²) < 4.78 is 1.42. The molecule has 0 saturated carbocycles. The van der Waals surface area contributed by atoms with E-state index < -0.39 is 10.5 Å². The minimum Gasteiger partial charge on any atom is -0.387 e. The molecule has 1 heterocycles. The molecule has 19 heavy (non-hydrogen) atoms. The van der Waals surface area contributed by atoms with Crippen molar-refractivity contribution in [2.75, 3.05) is 32.5 Å². The number of aliphatic hydroxyl groups is 1. The van der Waals surface area contributed by atoms with Crippen molar-refractivity contribution in [1.82, 2.24) is 14.7 Å². The molecule has 108 valence electrons. The van der Waals surface area contributed by atoms with E-state index in [1.54, 1.807) is 20.9 Å². The number of aryl methyl sites for hydroxylation is 2. The molecule has 8 heteroatoms. The first-order chi connectivity index (χ1) is 8.64. The smallest absolute Gasteiger partial charge is 0.333 e. The average Bonchev–Trinajstić information content (AvgIpc) is 2.48. The Balaban J connectivity index is 2.86. The van der Waals surface area contributed by atoms with Crippen LogP contribution < -0.4 is 5.32 Å². The van der Waals surface area contributed by atoms with Crippen molar-refractivity contribution in [3.63, 3.8) is 0 Å². The molecule has 0 aliphatic rings. The van der Waals surface area contributed by atoms with Gasteiger partial charge in [-0.1, -0.05) is 0 Å². The first-order valence-corrected chi connectivity index (χ1v) is 5.93. The monoisotopic (exact) mass is 271 g/mol. The molecule has 1 unspecified atom stereocenters. The Bertz CT molecular complexity index is 467. The molecule has 1 aromatic heterocycles. The van der Waals surface area contributed by atoms with Crippen LogP contribution >= 0.6 is 0 Å². The van der Waals surface area contributed by atoms with Crippen LogP contribution in [-0.2, 0) is 7.05 Å². The van der Waals surface area contributed by atoms with Gasteiger partial charge >= 0.3 is 5.69 Å². The van der Waals surface area contributed by atoms with Gasteiger partial charge in [-0.2, -0.15) is 5.10 Å². The lowest BCUT2D eigenvalue weighted by atomic mass is 10.1. The summed E-state index contributed by atoms with van der Waals surface area (Å²) in [6, 6.07) is 0. The SMILES string of the molecule is Cc1nn(C)c(NCC(C)(O)CN(C)C)c1[N+](=O)[O-]. The summed E-state index contributed by atoms with van der Waals surface area (Å²) in [4.78, 5) is 12.4. The number of hydrogen-bond donors (Lipinski definition) is 2. The van der Waals surface area contributed by atoms with Gasteiger partial charge < -0.3 is 15.3 Å². The summed E-state index contributed by atoms with van der Waals surface area (Å²) in [6.07, 6.45) is 0. The number of rotatable bonds is 6. The minimum absolute atomic E-state index is 0.0526. The van der Waals surface area contributed by atoms with Crippen LogP contribution in [0.3, 0.4) is 0 Å². The van der Waals surface area contributed by atoms with E-state index >= 15 is 0 Å². The number of nitrogens with one attached hydrogen (secondary N) is 1. The second-order valence-corrected chi connectivity index (χ2v) is 5.25. The van der Waals surface area contributed by atoms with Gasteiger partial charge in [-0.3, -0.25) is 10.1 Å². The van der Waals surface area contributed by atoms with Gasteiger partial charge in [0, 0.05) is 20.1 Å². The number of nitro groups is 1. The first-order valence-electron chi connectivity index (χ1n) is 5.93. The minimum atomic E-state index is -0.991. The van der Waals surface area contributed by atoms with Crippen molar-refractivity contribution in [2.24, 2.45) is 7.05 Å². The lowest BCUT2D eigenvalue weighted by molar-refractivity contribution is -0.384. The molecule has 0 radical (unpaired) electrons. The molecule has 0 bridgehead atoms. The summed E-state index contributed by atoms with van der Waals surface area (Å²) >= 11 is 0. The number of aromatic nitrogens is 2. The number of hydrogen-bond acceptors (Lipinski definition) is 6. The van der Waals surface area contributed by atoms with E-state index in [0.717, 1.165) is 0 Å². The van der Waals surface area contributed by atoms with Gasteiger partial charge in [-0.15, -0.1) is 0 Å². The van der Waals surface area contributed by atoms with Crippen molar-refractivity contribution in [2.45, 2.75) is 19.4 Å². The van der Waals surface area contributed by atoms with Crippen LogP contribution in [0.2, 0.25) is 0 Å². The fraction of sp³-hybridized carbons (Fsp3) is 0.727. The van der Waals surface area contributed by atoms with E-state index in [0.29, 0.717) is 18.1 Å². The van der Waals surface area contributed by atoms with Gasteiger partial charge in [0.05, 0.1) is 10.5 Å². The predicted octanol–water partition coefficient (Wildman–Crippen LogP) is 0.361. The lowest BCUT2D eigenvalue weighted by Crippen LogP contribution is -2.43. The van der Waals surface area contributed by atoms with E-state index in [9.17, 15) is 15.2 Å². The first kappa shape index (κ1) is 15.4. The predicted molar refractivity (Wildman–Crippen MR) is 72.3 cm³/mol. The zero-order chi connectivity index (χ0) is 14.8. The number of likely N-dealkylation sites (N-methyl/N-ethyl adjacent to an activating group) is 1. The Kier molecular flexibility index (Phi) is 4.48. The van der Waals surface area contributed by atoms with E-state index in [1.165, 1.54) is 4.68 Å². The fourth-order valence-corrected chi connectivity index (χ4v) is 2.07. The molecular weight excluding hydrogens is 250 g/mol. The summed E-state index contributed by atoms with van der Waals surface area (Å²) in [5.74, 6) is 0.307. The quantitative estimate of drug-likeness (QED) is 0.573. The topological polar surface area (TPSA) is 96.5 Å². The van der Waals surface area contributed by atoms with E-state index in [1.807, 2.05) is 19.0 Å². The third-order valence-electron chi connectivity index (χ3n) is 2.67. The maximum Gasteiger partial charge on any atom is 0.333 e. The Morgan fingerprint density at radius 3 is 2.63 bits per heavy atom. The largest absolute Gasteiger partial charge is 0.387 e. The summed E-state index contributed by atoms with van der Waals surface area (Å²) in [7, 11) is 5.33. The zero-order valence-electron chi connectivity index (χ0n) is 12.0. The van der Waals surface area contributed by atoms with Crippen LogP contribution in [-0.4, -0.2) is 57.5 Å². The van der Waals surface area contributed by atoms with Crippen molar-refractivity contribution >= 4 is 11.5 Å². The zero-order valence-corrected chi connectivity index (χ0v) is 12.0. The maximum atomic E-state index is 11.0. The van der Waals surface area contributed by atoms with E-state index in [-0.39, 0.29) is 12.2 Å². The summed E-state index contributed by atoms with van der Waals surface area (Å²) in [6.45, 7) is 3.91. The molecular formula is C11H21N5O3. The Morgan fingerprint density at radius 1 is 1.58 bits per heavy atom. The van der Waals surface area contributed by atoms with Crippen molar-refractivity contribution in [3.8, 4) is 0 Å². The average molecular weight is 271 g/mol. The standard InChI is InChI=1S/C11H21N5O3/c1-8-9(16(18)19)10(15(5)13-8)12-6-11(2,17)7-14(3)4/h12,17H,6-7H2,1-5H3. The maximum absolute atomic E-state index is 11.0. The highest BCUT2D eigenvalue weighted by molar-refractivity contribution is 5.59. The summed E-state index contributed by atoms with van der Waals surface area (Å²) in [5, 5.41) is 28.1. The third kappa shape index (κ3) is 3.90. The van der Waals surface area contributed by atoms with E-state index in [2.05, 4.69) is 10.4 Å². The molecule has 0 spiro atoms. The Morgan fingerprint density at radius 2 is 2.16 bits per heavy atom. The number of nitrogens with zero attached hydrogens (tertiary/aromatic N) is 4. The highest BCUT2D eigenvalue weighted by Crippen LogP contribution is 2.27. The fourth-order valence-electron chi connectivity index (χ4n) is 2.07. The Hall–Kier alpha value is -1.67. The molecule has 0 aliphatic heterocycles. The third-order valence-corrected chi connectivity index (χ3v) is 2.67. The molecule has 1 atom stereocenters. The van der Waals surface area contributed by atoms with Crippen LogP contribution in [0, 0.1) is 17.0 Å². The van der Waals surface area contributed by atoms with Crippen molar-refractivity contribution < 1.29 is 10.0 Å². The highest BCUT2D eigenvalue weighted by Gasteiger charge is 2.27. The Labute approximate surface area is 112 Å². The van der Waals surface area contributed by atoms with Crippen molar-refractivity contribution in [1.29, 1.82) is 0 Å². The van der Waals surface area contributed by atoms with Crippen LogP contribution in [0.4, 0.5) is 11.5 Å². The molecule has 0 saturated heterocycles. The van der Waals surface area contributed by atoms with Crippen molar-refractivity contribution in [3.05, 3.63) is 15.8 Å². The number of anilines is 1. The van der Waals surface area contributed by atoms with Crippen LogP contribution in [0.15, 0.2) is 0 Å². The molecule has 0 aromatic carbocycles. The second-order valence-electron chi connectivity index (χ2n) is 5.25. The molecule has 0 amide bonds. The van der Waals surface area contributed by atoms with Gasteiger partial charge in [0.1, 0.15) is 5.69 Å². The highest BCUT2D eigenvalue weighted by atomic mass is 16.6. The normalized spacial score (nSPS) is 14.5. The van der Waals surface area contributed by atoms with Gasteiger partial charge in [-0.25, -0.2) is 4.68 Å². The lowest BCUT2D eigenvalue weighted by Gasteiger charge is -2.27. The summed E-state index contributed by atoms with van der Waals surface area (Å²) in [5.41, 5.74) is -0.694. The molecule has 0 aliphatic carbocycles. The van der Waals surface area contributed by atoms with Gasteiger partial charge in [-0.05, 0) is 27.9 Å². The molecule has 0 fully saturated rings. The van der Waals surface area contributed by atoms with Crippen LogP contribution in [0.5, 0.6) is 0 Å². The molecule has 1 aromatic rings. The molecule has 2 N–H and O–H groups in total. The molecule has 8 nitrogen and oxygen atoms in total. The van der Waals surface area contributed by atoms with E-state index in [4.69, 9.17) is 0 Å². The molecule has 1 rings (SSSR count).